The second-order valence-electron chi connectivity index (χ2n) is 7.33. The van der Waals surface area contributed by atoms with Gasteiger partial charge >= 0.3 is 0 Å². The third kappa shape index (κ3) is 4.31. The van der Waals surface area contributed by atoms with Gasteiger partial charge in [0.2, 0.25) is 5.91 Å². The molecule has 0 aliphatic heterocycles. The lowest BCUT2D eigenvalue weighted by Crippen LogP contribution is -2.35. The first-order chi connectivity index (χ1) is 15.5. The smallest absolute Gasteiger partial charge is 0.258 e. The molecule has 4 rings (SSSR count). The van der Waals surface area contributed by atoms with E-state index in [0.717, 1.165) is 0 Å². The average molecular weight is 430 g/mol. The summed E-state index contributed by atoms with van der Waals surface area (Å²) in [4.78, 5) is 57.9. The van der Waals surface area contributed by atoms with Crippen molar-refractivity contribution in [2.75, 3.05) is 6.54 Å². The van der Waals surface area contributed by atoms with Crippen LogP contribution in [0.25, 0.3) is 22.3 Å². The minimum absolute atomic E-state index is 0.104. The van der Waals surface area contributed by atoms with Crippen LogP contribution in [-0.4, -0.2) is 42.3 Å². The van der Waals surface area contributed by atoms with Crippen LogP contribution in [0.1, 0.15) is 24.0 Å². The molecule has 9 nitrogen and oxygen atoms in total. The number of fused-ring (bicyclic) bond motifs is 1. The number of pyridine rings is 1. The topological polar surface area (TPSA) is 125 Å². The van der Waals surface area contributed by atoms with Crippen molar-refractivity contribution >= 4 is 16.8 Å². The molecule has 1 amide bonds. The fraction of sp³-hybridized carbons (Fsp3) is 0.217. The molecule has 0 fully saturated rings. The van der Waals surface area contributed by atoms with Gasteiger partial charge in [0.1, 0.15) is 11.6 Å². The number of aromatic nitrogens is 5. The van der Waals surface area contributed by atoms with Crippen LogP contribution in [0.15, 0.2) is 58.4 Å². The minimum Gasteiger partial charge on any atom is -0.335 e. The summed E-state index contributed by atoms with van der Waals surface area (Å²) >= 11 is 0. The fourth-order valence-corrected chi connectivity index (χ4v) is 3.49. The van der Waals surface area contributed by atoms with E-state index in [4.69, 9.17) is 0 Å². The number of aromatic amines is 2. The number of para-hydroxylation sites is 1. The monoisotopic (exact) mass is 430 g/mol. The first-order valence-electron chi connectivity index (χ1n) is 10.2. The van der Waals surface area contributed by atoms with Crippen molar-refractivity contribution in [3.05, 3.63) is 86.6 Å². The average Bonchev–Trinajstić information content (AvgIpc) is 2.80. The van der Waals surface area contributed by atoms with Crippen LogP contribution in [0.2, 0.25) is 0 Å². The maximum Gasteiger partial charge on any atom is 0.258 e. The Labute approximate surface area is 183 Å². The number of rotatable bonds is 6. The first kappa shape index (κ1) is 21.1. The number of amides is 1. The molecule has 0 aliphatic carbocycles. The van der Waals surface area contributed by atoms with E-state index in [-0.39, 0.29) is 30.0 Å². The van der Waals surface area contributed by atoms with Crippen LogP contribution in [0, 0.1) is 6.92 Å². The van der Waals surface area contributed by atoms with E-state index in [1.807, 2.05) is 6.92 Å². The molecular weight excluding hydrogens is 408 g/mol. The number of carbonyl (C=O) groups excluding carboxylic acids is 1. The highest BCUT2D eigenvalue weighted by molar-refractivity contribution is 5.79. The Bertz CT molecular complexity index is 1390. The number of hydrogen-bond acceptors (Lipinski definition) is 6. The largest absolute Gasteiger partial charge is 0.335 e. The van der Waals surface area contributed by atoms with E-state index in [1.165, 1.54) is 0 Å². The molecule has 0 saturated carbocycles. The van der Waals surface area contributed by atoms with E-state index in [0.29, 0.717) is 45.9 Å². The molecule has 0 unspecified atom stereocenters. The molecule has 1 aromatic carbocycles. The summed E-state index contributed by atoms with van der Waals surface area (Å²) in [6.45, 7) is 4.06. The van der Waals surface area contributed by atoms with Crippen molar-refractivity contribution in [2.24, 2.45) is 0 Å². The summed E-state index contributed by atoms with van der Waals surface area (Å²) in [6.07, 6.45) is 3.14. The predicted octanol–water partition coefficient (Wildman–Crippen LogP) is 1.97. The Morgan fingerprint density at radius 1 is 1.03 bits per heavy atom. The molecule has 3 heterocycles. The number of hydrogen-bond donors (Lipinski definition) is 2. The van der Waals surface area contributed by atoms with Crippen LogP contribution in [-0.2, 0) is 17.8 Å². The van der Waals surface area contributed by atoms with Crippen molar-refractivity contribution in [1.29, 1.82) is 0 Å². The lowest BCUT2D eigenvalue weighted by Gasteiger charge is -2.20. The highest BCUT2D eigenvalue weighted by atomic mass is 16.2. The highest BCUT2D eigenvalue weighted by Gasteiger charge is 2.19. The summed E-state index contributed by atoms with van der Waals surface area (Å²) in [6, 6.07) is 10.6. The van der Waals surface area contributed by atoms with Gasteiger partial charge < -0.3 is 14.9 Å². The van der Waals surface area contributed by atoms with E-state index in [9.17, 15) is 14.4 Å². The molecule has 2 N–H and O–H groups in total. The third-order valence-corrected chi connectivity index (χ3v) is 5.22. The Hall–Kier alpha value is -4.14. The summed E-state index contributed by atoms with van der Waals surface area (Å²) in [5.41, 5.74) is 1.43. The molecule has 32 heavy (non-hydrogen) atoms. The molecule has 0 radical (unpaired) electrons. The van der Waals surface area contributed by atoms with Crippen molar-refractivity contribution in [3.63, 3.8) is 0 Å². The van der Waals surface area contributed by atoms with E-state index in [2.05, 4.69) is 24.9 Å². The summed E-state index contributed by atoms with van der Waals surface area (Å²) in [5, 5.41) is 0.493. The molecule has 0 saturated heterocycles. The second kappa shape index (κ2) is 8.93. The Morgan fingerprint density at radius 2 is 1.84 bits per heavy atom. The summed E-state index contributed by atoms with van der Waals surface area (Å²) in [7, 11) is 0. The number of benzene rings is 1. The normalized spacial score (nSPS) is 10.9. The van der Waals surface area contributed by atoms with Crippen molar-refractivity contribution < 1.29 is 4.79 Å². The standard InChI is InChI=1S/C23H22N6O3/c1-3-29(13-19-26-18-9-5-4-8-16(18)22(31)27-19)20(30)11-17-14(2)25-21(28-23(17)32)15-7-6-10-24-12-15/h4-10,12H,3,11,13H2,1-2H3,(H,25,28,32)(H,26,27,31). The molecule has 162 valence electrons. The van der Waals surface area contributed by atoms with E-state index < -0.39 is 0 Å². The van der Waals surface area contributed by atoms with Gasteiger partial charge in [0.15, 0.2) is 0 Å². The van der Waals surface area contributed by atoms with Crippen molar-refractivity contribution in [3.8, 4) is 11.4 Å². The van der Waals surface area contributed by atoms with Gasteiger partial charge in [-0.15, -0.1) is 0 Å². The van der Waals surface area contributed by atoms with Gasteiger partial charge in [-0.2, -0.15) is 0 Å². The molecule has 0 atom stereocenters. The molecule has 3 aromatic heterocycles. The minimum atomic E-state index is -0.363. The summed E-state index contributed by atoms with van der Waals surface area (Å²) in [5.74, 6) is 0.537. The second-order valence-corrected chi connectivity index (χ2v) is 7.33. The zero-order valence-electron chi connectivity index (χ0n) is 17.8. The van der Waals surface area contributed by atoms with Crippen LogP contribution >= 0.6 is 0 Å². The quantitative estimate of drug-likeness (QED) is 0.482. The van der Waals surface area contributed by atoms with Gasteiger partial charge in [-0.3, -0.25) is 19.4 Å². The Kier molecular flexibility index (Phi) is 5.89. The number of carbonyl (C=O) groups is 1. The highest BCUT2D eigenvalue weighted by Crippen LogP contribution is 2.14. The molecular formula is C23H22N6O3. The molecule has 0 aliphatic rings. The number of nitrogens with one attached hydrogen (secondary N) is 2. The Balaban J connectivity index is 1.56. The van der Waals surface area contributed by atoms with Crippen LogP contribution < -0.4 is 11.1 Å². The fourth-order valence-electron chi connectivity index (χ4n) is 3.49. The van der Waals surface area contributed by atoms with Crippen molar-refractivity contribution in [2.45, 2.75) is 26.8 Å². The molecule has 0 spiro atoms. The molecule has 9 heteroatoms. The van der Waals surface area contributed by atoms with Crippen LogP contribution in [0.4, 0.5) is 0 Å². The van der Waals surface area contributed by atoms with Crippen LogP contribution in [0.3, 0.4) is 0 Å². The SMILES string of the molecule is CCN(Cc1nc2ccccc2c(=O)[nH]1)C(=O)Cc1c(C)nc(-c2cccnc2)[nH]c1=O. The van der Waals surface area contributed by atoms with Crippen molar-refractivity contribution in [1.82, 2.24) is 29.8 Å². The number of H-pyrrole nitrogens is 2. The number of likely N-dealkylation sites (N-methyl/N-ethyl adjacent to an activating group) is 1. The molecule has 0 bridgehead atoms. The molecule has 4 aromatic rings. The van der Waals surface area contributed by atoms with E-state index in [1.54, 1.807) is 60.6 Å². The van der Waals surface area contributed by atoms with E-state index >= 15 is 0 Å². The van der Waals surface area contributed by atoms with Gasteiger partial charge in [-0.25, -0.2) is 9.97 Å². The third-order valence-electron chi connectivity index (χ3n) is 5.22. The van der Waals surface area contributed by atoms with Gasteiger partial charge in [0.25, 0.3) is 11.1 Å². The zero-order chi connectivity index (χ0) is 22.7. The number of nitrogens with zero attached hydrogens (tertiary/aromatic N) is 4. The number of aryl methyl sites for hydroxylation is 1. The van der Waals surface area contributed by atoms with Crippen LogP contribution in [0.5, 0.6) is 0 Å². The maximum absolute atomic E-state index is 13.0. The Morgan fingerprint density at radius 3 is 2.56 bits per heavy atom. The first-order valence-corrected chi connectivity index (χ1v) is 10.2. The maximum atomic E-state index is 13.0. The lowest BCUT2D eigenvalue weighted by molar-refractivity contribution is -0.131. The zero-order valence-corrected chi connectivity index (χ0v) is 17.8. The lowest BCUT2D eigenvalue weighted by atomic mass is 10.1. The van der Waals surface area contributed by atoms with Gasteiger partial charge in [-0.1, -0.05) is 12.1 Å². The predicted molar refractivity (Wildman–Crippen MR) is 120 cm³/mol. The van der Waals surface area contributed by atoms with Gasteiger partial charge in [-0.05, 0) is 38.1 Å². The van der Waals surface area contributed by atoms with Gasteiger partial charge in [0, 0.05) is 35.8 Å². The van der Waals surface area contributed by atoms with Gasteiger partial charge in [0.05, 0.1) is 23.9 Å². The summed E-state index contributed by atoms with van der Waals surface area (Å²) < 4.78 is 0.